The third-order valence-corrected chi connectivity index (χ3v) is 3.29. The SMILES string of the molecule is CCOC(=O)CCCCCOc1cc(Br)ccc1Cl. The highest BCUT2D eigenvalue weighted by atomic mass is 79.9. The Morgan fingerprint density at radius 3 is 2.84 bits per heavy atom. The van der Waals surface area contributed by atoms with Crippen LogP contribution in [0.5, 0.6) is 5.75 Å². The number of esters is 1. The molecule has 0 bridgehead atoms. The minimum Gasteiger partial charge on any atom is -0.492 e. The number of ether oxygens (including phenoxy) is 2. The third kappa shape index (κ3) is 6.83. The van der Waals surface area contributed by atoms with Gasteiger partial charge in [-0.2, -0.15) is 0 Å². The predicted octanol–water partition coefficient (Wildman–Crippen LogP) is 4.60. The molecule has 19 heavy (non-hydrogen) atoms. The lowest BCUT2D eigenvalue weighted by molar-refractivity contribution is -0.143. The highest BCUT2D eigenvalue weighted by Gasteiger charge is 2.03. The van der Waals surface area contributed by atoms with E-state index in [2.05, 4.69) is 15.9 Å². The number of halogens is 2. The summed E-state index contributed by atoms with van der Waals surface area (Å²) in [6.45, 7) is 2.86. The van der Waals surface area contributed by atoms with E-state index >= 15 is 0 Å². The van der Waals surface area contributed by atoms with E-state index in [1.807, 2.05) is 19.1 Å². The molecule has 0 fully saturated rings. The van der Waals surface area contributed by atoms with Gasteiger partial charge in [0.2, 0.25) is 0 Å². The molecule has 1 aromatic carbocycles. The average molecular weight is 350 g/mol. The number of hydrogen-bond donors (Lipinski definition) is 0. The minimum absolute atomic E-state index is 0.126. The van der Waals surface area contributed by atoms with Gasteiger partial charge in [0.1, 0.15) is 5.75 Å². The van der Waals surface area contributed by atoms with Crippen LogP contribution in [0.1, 0.15) is 32.6 Å². The first-order valence-electron chi connectivity index (χ1n) is 6.37. The Balaban J connectivity index is 2.14. The van der Waals surface area contributed by atoms with Crippen LogP contribution in [-0.2, 0) is 9.53 Å². The lowest BCUT2D eigenvalue weighted by Crippen LogP contribution is -2.04. The highest BCUT2D eigenvalue weighted by Crippen LogP contribution is 2.28. The Labute approximate surface area is 127 Å². The van der Waals surface area contributed by atoms with Crippen LogP contribution in [0.4, 0.5) is 0 Å². The molecule has 0 heterocycles. The number of rotatable bonds is 8. The molecular weight excluding hydrogens is 332 g/mol. The second-order valence-corrected chi connectivity index (χ2v) is 5.36. The Hall–Kier alpha value is -0.740. The molecule has 3 nitrogen and oxygen atoms in total. The fourth-order valence-corrected chi connectivity index (χ4v) is 2.06. The van der Waals surface area contributed by atoms with E-state index < -0.39 is 0 Å². The van der Waals surface area contributed by atoms with E-state index in [4.69, 9.17) is 21.1 Å². The maximum atomic E-state index is 11.1. The second kappa shape index (κ2) is 9.21. The topological polar surface area (TPSA) is 35.5 Å². The van der Waals surface area contributed by atoms with Gasteiger partial charge in [-0.15, -0.1) is 0 Å². The van der Waals surface area contributed by atoms with E-state index in [1.54, 1.807) is 6.07 Å². The zero-order valence-electron chi connectivity index (χ0n) is 11.0. The van der Waals surface area contributed by atoms with Gasteiger partial charge in [0.05, 0.1) is 18.2 Å². The van der Waals surface area contributed by atoms with Crippen LogP contribution in [0.2, 0.25) is 5.02 Å². The van der Waals surface area contributed by atoms with Gasteiger partial charge in [-0.3, -0.25) is 4.79 Å². The van der Waals surface area contributed by atoms with E-state index in [1.165, 1.54) is 0 Å². The second-order valence-electron chi connectivity index (χ2n) is 4.04. The molecule has 0 aliphatic rings. The molecule has 0 saturated carbocycles. The van der Waals surface area contributed by atoms with Crippen LogP contribution < -0.4 is 4.74 Å². The van der Waals surface area contributed by atoms with Crippen molar-refractivity contribution < 1.29 is 14.3 Å². The third-order valence-electron chi connectivity index (χ3n) is 2.48. The summed E-state index contributed by atoms with van der Waals surface area (Å²) in [6.07, 6.45) is 3.13. The number of unbranched alkanes of at least 4 members (excludes halogenated alkanes) is 2. The number of carbonyl (C=O) groups is 1. The summed E-state index contributed by atoms with van der Waals surface area (Å²) in [7, 11) is 0. The molecule has 0 saturated heterocycles. The van der Waals surface area contributed by atoms with Gasteiger partial charge in [0, 0.05) is 10.9 Å². The molecule has 1 rings (SSSR count). The van der Waals surface area contributed by atoms with E-state index in [0.29, 0.717) is 30.4 Å². The first-order valence-corrected chi connectivity index (χ1v) is 7.54. The van der Waals surface area contributed by atoms with Crippen LogP contribution in [-0.4, -0.2) is 19.2 Å². The largest absolute Gasteiger partial charge is 0.492 e. The van der Waals surface area contributed by atoms with Crippen LogP contribution >= 0.6 is 27.5 Å². The molecule has 106 valence electrons. The predicted molar refractivity (Wildman–Crippen MR) is 79.7 cm³/mol. The van der Waals surface area contributed by atoms with E-state index in [0.717, 1.165) is 23.7 Å². The van der Waals surface area contributed by atoms with Gasteiger partial charge in [-0.05, 0) is 44.4 Å². The molecule has 0 radical (unpaired) electrons. The fraction of sp³-hybridized carbons (Fsp3) is 0.500. The molecule has 5 heteroatoms. The van der Waals surface area contributed by atoms with Crippen molar-refractivity contribution >= 4 is 33.5 Å². The van der Waals surface area contributed by atoms with E-state index in [9.17, 15) is 4.79 Å². The molecule has 0 aromatic heterocycles. The maximum absolute atomic E-state index is 11.1. The van der Waals surface area contributed by atoms with Gasteiger partial charge >= 0.3 is 5.97 Å². The summed E-state index contributed by atoms with van der Waals surface area (Å²) in [5, 5.41) is 0.606. The van der Waals surface area contributed by atoms with Gasteiger partial charge < -0.3 is 9.47 Å². The summed E-state index contributed by atoms with van der Waals surface area (Å²) in [4.78, 5) is 11.1. The Morgan fingerprint density at radius 1 is 1.32 bits per heavy atom. The molecule has 0 atom stereocenters. The summed E-state index contributed by atoms with van der Waals surface area (Å²) < 4.78 is 11.4. The van der Waals surface area contributed by atoms with Gasteiger partial charge in [0.25, 0.3) is 0 Å². The Morgan fingerprint density at radius 2 is 2.11 bits per heavy atom. The summed E-state index contributed by atoms with van der Waals surface area (Å²) in [6, 6.07) is 5.51. The van der Waals surface area contributed by atoms with E-state index in [-0.39, 0.29) is 5.97 Å². The normalized spacial score (nSPS) is 10.3. The van der Waals surface area contributed by atoms with Crippen molar-refractivity contribution in [2.45, 2.75) is 32.6 Å². The number of benzene rings is 1. The Bertz CT molecular complexity index is 410. The lowest BCUT2D eigenvalue weighted by atomic mass is 10.2. The summed E-state index contributed by atoms with van der Waals surface area (Å²) >= 11 is 9.38. The lowest BCUT2D eigenvalue weighted by Gasteiger charge is -2.08. The molecule has 0 aliphatic carbocycles. The van der Waals surface area contributed by atoms with Crippen molar-refractivity contribution in [1.82, 2.24) is 0 Å². The minimum atomic E-state index is -0.126. The van der Waals surface area contributed by atoms with Gasteiger partial charge in [-0.1, -0.05) is 27.5 Å². The quantitative estimate of drug-likeness (QED) is 0.508. The monoisotopic (exact) mass is 348 g/mol. The summed E-state index contributed by atoms with van der Waals surface area (Å²) in [5.41, 5.74) is 0. The maximum Gasteiger partial charge on any atom is 0.305 e. The number of hydrogen-bond acceptors (Lipinski definition) is 3. The van der Waals surface area contributed by atoms with Crippen molar-refractivity contribution in [3.05, 3.63) is 27.7 Å². The average Bonchev–Trinajstić information content (AvgIpc) is 2.38. The first kappa shape index (κ1) is 16.3. The van der Waals surface area contributed by atoms with Crippen molar-refractivity contribution in [1.29, 1.82) is 0 Å². The molecule has 0 N–H and O–H groups in total. The molecule has 0 unspecified atom stereocenters. The smallest absolute Gasteiger partial charge is 0.305 e. The van der Waals surface area contributed by atoms with Gasteiger partial charge in [0.15, 0.2) is 0 Å². The summed E-state index contributed by atoms with van der Waals surface area (Å²) in [5.74, 6) is 0.555. The first-order chi connectivity index (χ1) is 9.13. The highest BCUT2D eigenvalue weighted by molar-refractivity contribution is 9.10. The van der Waals surface area contributed by atoms with Crippen molar-refractivity contribution in [2.24, 2.45) is 0 Å². The standard InChI is InChI=1S/C14H18BrClO3/c1-2-18-14(17)6-4-3-5-9-19-13-10-11(15)7-8-12(13)16/h7-8,10H,2-6,9H2,1H3. The van der Waals surface area contributed by atoms with Crippen molar-refractivity contribution in [3.8, 4) is 5.75 Å². The molecule has 0 spiro atoms. The van der Waals surface area contributed by atoms with Crippen LogP contribution in [0, 0.1) is 0 Å². The van der Waals surface area contributed by atoms with Crippen LogP contribution in [0.25, 0.3) is 0 Å². The number of carbonyl (C=O) groups excluding carboxylic acids is 1. The zero-order valence-corrected chi connectivity index (χ0v) is 13.3. The molecule has 0 aliphatic heterocycles. The van der Waals surface area contributed by atoms with Crippen LogP contribution in [0.3, 0.4) is 0 Å². The zero-order chi connectivity index (χ0) is 14.1. The van der Waals surface area contributed by atoms with Crippen LogP contribution in [0.15, 0.2) is 22.7 Å². The molecule has 0 amide bonds. The molecule has 1 aromatic rings. The van der Waals surface area contributed by atoms with Gasteiger partial charge in [-0.25, -0.2) is 0 Å². The van der Waals surface area contributed by atoms with Crippen molar-refractivity contribution in [3.63, 3.8) is 0 Å². The van der Waals surface area contributed by atoms with Crippen molar-refractivity contribution in [2.75, 3.05) is 13.2 Å². The fourth-order valence-electron chi connectivity index (χ4n) is 1.55. The molecular formula is C14H18BrClO3. The Kier molecular flexibility index (Phi) is 7.91.